The molecule has 2 aromatic rings. The molecule has 0 spiro atoms. The standard InChI is InChI=1S/C15H17NO4S/c1-16(13-6-4-3-5-7-13)21(18,19)15-9-8-12(11-17)10-14(15)20-2/h3-10,17H,11H2,1-2H3. The predicted molar refractivity (Wildman–Crippen MR) is 80.9 cm³/mol. The van der Waals surface area contributed by atoms with E-state index in [0.717, 1.165) is 0 Å². The first-order valence-electron chi connectivity index (χ1n) is 6.32. The van der Waals surface area contributed by atoms with Crippen molar-refractivity contribution in [2.24, 2.45) is 0 Å². The third-order valence-corrected chi connectivity index (χ3v) is 4.99. The van der Waals surface area contributed by atoms with E-state index in [1.165, 1.54) is 30.6 Å². The van der Waals surface area contributed by atoms with Crippen molar-refractivity contribution >= 4 is 15.7 Å². The average molecular weight is 307 g/mol. The van der Waals surface area contributed by atoms with E-state index in [-0.39, 0.29) is 17.3 Å². The lowest BCUT2D eigenvalue weighted by atomic mass is 10.2. The Bertz CT molecular complexity index is 714. The Kier molecular flexibility index (Phi) is 4.50. The molecule has 6 heteroatoms. The Morgan fingerprint density at radius 1 is 1.14 bits per heavy atom. The van der Waals surface area contributed by atoms with E-state index in [0.29, 0.717) is 11.3 Å². The summed E-state index contributed by atoms with van der Waals surface area (Å²) < 4.78 is 31.7. The molecule has 0 aromatic heterocycles. The van der Waals surface area contributed by atoms with Crippen LogP contribution in [0, 0.1) is 0 Å². The van der Waals surface area contributed by atoms with Crippen molar-refractivity contribution in [1.82, 2.24) is 0 Å². The molecule has 0 fully saturated rings. The van der Waals surface area contributed by atoms with E-state index in [1.54, 1.807) is 30.3 Å². The topological polar surface area (TPSA) is 66.8 Å². The molecular weight excluding hydrogens is 290 g/mol. The fraction of sp³-hybridized carbons (Fsp3) is 0.200. The second-order valence-electron chi connectivity index (χ2n) is 4.45. The van der Waals surface area contributed by atoms with Gasteiger partial charge in [0.15, 0.2) is 0 Å². The number of benzene rings is 2. The van der Waals surface area contributed by atoms with E-state index >= 15 is 0 Å². The summed E-state index contributed by atoms with van der Waals surface area (Å²) in [6, 6.07) is 13.3. The highest BCUT2D eigenvalue weighted by atomic mass is 32.2. The number of para-hydroxylation sites is 1. The van der Waals surface area contributed by atoms with Crippen LogP contribution in [0.4, 0.5) is 5.69 Å². The number of aliphatic hydroxyl groups excluding tert-OH is 1. The number of aliphatic hydroxyl groups is 1. The molecule has 112 valence electrons. The highest BCUT2D eigenvalue weighted by Gasteiger charge is 2.25. The SMILES string of the molecule is COc1cc(CO)ccc1S(=O)(=O)N(C)c1ccccc1. The van der Waals surface area contributed by atoms with Gasteiger partial charge in [-0.1, -0.05) is 24.3 Å². The molecule has 2 rings (SSSR count). The van der Waals surface area contributed by atoms with Crippen LogP contribution in [-0.2, 0) is 16.6 Å². The molecular formula is C15H17NO4S. The summed E-state index contributed by atoms with van der Waals surface area (Å²) in [7, 11) is -0.842. The van der Waals surface area contributed by atoms with Crippen molar-refractivity contribution < 1.29 is 18.3 Å². The van der Waals surface area contributed by atoms with Crippen molar-refractivity contribution in [2.75, 3.05) is 18.5 Å². The van der Waals surface area contributed by atoms with Crippen LogP contribution >= 0.6 is 0 Å². The number of methoxy groups -OCH3 is 1. The first kappa shape index (κ1) is 15.3. The Hall–Kier alpha value is -2.05. The average Bonchev–Trinajstić information content (AvgIpc) is 2.54. The quantitative estimate of drug-likeness (QED) is 0.917. The van der Waals surface area contributed by atoms with Crippen molar-refractivity contribution in [3.05, 3.63) is 54.1 Å². The van der Waals surface area contributed by atoms with Gasteiger partial charge in [0.1, 0.15) is 10.6 Å². The Labute approximate surface area is 124 Å². The molecule has 21 heavy (non-hydrogen) atoms. The first-order valence-corrected chi connectivity index (χ1v) is 7.76. The fourth-order valence-electron chi connectivity index (χ4n) is 1.95. The normalized spacial score (nSPS) is 11.2. The number of rotatable bonds is 5. The van der Waals surface area contributed by atoms with Gasteiger partial charge >= 0.3 is 0 Å². The molecule has 0 heterocycles. The van der Waals surface area contributed by atoms with Crippen LogP contribution in [0.2, 0.25) is 0 Å². The molecule has 5 nitrogen and oxygen atoms in total. The molecule has 1 N–H and O–H groups in total. The van der Waals surface area contributed by atoms with Crippen molar-refractivity contribution in [1.29, 1.82) is 0 Å². The summed E-state index contributed by atoms with van der Waals surface area (Å²) in [5.74, 6) is 0.212. The van der Waals surface area contributed by atoms with E-state index < -0.39 is 10.0 Å². The van der Waals surface area contributed by atoms with Gasteiger partial charge in [0.25, 0.3) is 10.0 Å². The lowest BCUT2D eigenvalue weighted by Gasteiger charge is -2.21. The zero-order valence-electron chi connectivity index (χ0n) is 11.9. The second-order valence-corrected chi connectivity index (χ2v) is 6.39. The maximum atomic E-state index is 12.7. The van der Waals surface area contributed by atoms with Crippen LogP contribution in [0.25, 0.3) is 0 Å². The molecule has 0 amide bonds. The first-order chi connectivity index (χ1) is 10.0. The van der Waals surface area contributed by atoms with Crippen molar-refractivity contribution in [3.63, 3.8) is 0 Å². The molecule has 0 aliphatic carbocycles. The number of anilines is 1. The minimum atomic E-state index is -3.73. The largest absolute Gasteiger partial charge is 0.495 e. The summed E-state index contributed by atoms with van der Waals surface area (Å²) in [6.07, 6.45) is 0. The highest BCUT2D eigenvalue weighted by Crippen LogP contribution is 2.29. The zero-order valence-corrected chi connectivity index (χ0v) is 12.7. The number of hydrogen-bond donors (Lipinski definition) is 1. The van der Waals surface area contributed by atoms with E-state index in [9.17, 15) is 8.42 Å². The predicted octanol–water partition coefficient (Wildman–Crippen LogP) is 2.01. The van der Waals surface area contributed by atoms with Crippen LogP contribution in [-0.4, -0.2) is 27.7 Å². The lowest BCUT2D eigenvalue weighted by Crippen LogP contribution is -2.26. The minimum absolute atomic E-state index is 0.0635. The molecule has 0 bridgehead atoms. The van der Waals surface area contributed by atoms with E-state index in [1.807, 2.05) is 6.07 Å². The van der Waals surface area contributed by atoms with Crippen LogP contribution < -0.4 is 9.04 Å². The number of nitrogens with zero attached hydrogens (tertiary/aromatic N) is 1. The zero-order chi connectivity index (χ0) is 15.5. The molecule has 0 saturated carbocycles. The van der Waals surface area contributed by atoms with E-state index in [4.69, 9.17) is 9.84 Å². The van der Waals surface area contributed by atoms with Gasteiger partial charge in [-0.25, -0.2) is 8.42 Å². The van der Waals surface area contributed by atoms with Gasteiger partial charge in [0.2, 0.25) is 0 Å². The number of ether oxygens (including phenoxy) is 1. The molecule has 0 aliphatic rings. The molecule has 0 atom stereocenters. The summed E-state index contributed by atoms with van der Waals surface area (Å²) in [6.45, 7) is -0.175. The maximum Gasteiger partial charge on any atom is 0.267 e. The minimum Gasteiger partial charge on any atom is -0.495 e. The van der Waals surface area contributed by atoms with Crippen LogP contribution in [0.1, 0.15) is 5.56 Å². The monoisotopic (exact) mass is 307 g/mol. The second kappa shape index (κ2) is 6.15. The van der Waals surface area contributed by atoms with E-state index in [2.05, 4.69) is 0 Å². The van der Waals surface area contributed by atoms with Gasteiger partial charge in [0.05, 0.1) is 19.4 Å². The number of sulfonamides is 1. The van der Waals surface area contributed by atoms with Gasteiger partial charge in [-0.3, -0.25) is 4.31 Å². The van der Waals surface area contributed by atoms with Gasteiger partial charge < -0.3 is 9.84 Å². The lowest BCUT2D eigenvalue weighted by molar-refractivity contribution is 0.280. The maximum absolute atomic E-state index is 12.7. The summed E-state index contributed by atoms with van der Waals surface area (Å²) in [5.41, 5.74) is 1.15. The van der Waals surface area contributed by atoms with Crippen LogP contribution in [0.15, 0.2) is 53.4 Å². The molecule has 0 saturated heterocycles. The Morgan fingerprint density at radius 2 is 1.81 bits per heavy atom. The van der Waals surface area contributed by atoms with Gasteiger partial charge in [-0.2, -0.15) is 0 Å². The van der Waals surface area contributed by atoms with Crippen LogP contribution in [0.3, 0.4) is 0 Å². The van der Waals surface area contributed by atoms with Gasteiger partial charge in [-0.05, 0) is 29.8 Å². The Balaban J connectivity index is 2.49. The molecule has 0 unspecified atom stereocenters. The number of hydrogen-bond acceptors (Lipinski definition) is 4. The van der Waals surface area contributed by atoms with Gasteiger partial charge in [0, 0.05) is 7.05 Å². The molecule has 0 radical (unpaired) electrons. The molecule has 2 aromatic carbocycles. The van der Waals surface area contributed by atoms with Crippen molar-refractivity contribution in [3.8, 4) is 5.75 Å². The van der Waals surface area contributed by atoms with Crippen LogP contribution in [0.5, 0.6) is 5.75 Å². The summed E-state index contributed by atoms with van der Waals surface area (Å²) in [5, 5.41) is 9.12. The fourth-order valence-corrected chi connectivity index (χ4v) is 3.28. The molecule has 0 aliphatic heterocycles. The summed E-state index contributed by atoms with van der Waals surface area (Å²) in [4.78, 5) is 0.0635. The summed E-state index contributed by atoms with van der Waals surface area (Å²) >= 11 is 0. The van der Waals surface area contributed by atoms with Crippen molar-refractivity contribution in [2.45, 2.75) is 11.5 Å². The smallest absolute Gasteiger partial charge is 0.267 e. The third kappa shape index (κ3) is 3.01. The highest BCUT2D eigenvalue weighted by molar-refractivity contribution is 7.92. The van der Waals surface area contributed by atoms with Gasteiger partial charge in [-0.15, -0.1) is 0 Å². The Morgan fingerprint density at radius 3 is 2.38 bits per heavy atom. The third-order valence-electron chi connectivity index (χ3n) is 3.17.